The Bertz CT molecular complexity index is 321. The minimum atomic E-state index is 0.215. The zero-order valence-corrected chi connectivity index (χ0v) is 8.69. The van der Waals surface area contributed by atoms with E-state index in [0.29, 0.717) is 17.9 Å². The number of anilines is 1. The predicted octanol–water partition coefficient (Wildman–Crippen LogP) is 1.47. The van der Waals surface area contributed by atoms with Crippen LogP contribution in [0, 0.1) is 0 Å². The van der Waals surface area contributed by atoms with Gasteiger partial charge >= 0.3 is 0 Å². The molecule has 1 aliphatic carbocycles. The first kappa shape index (κ1) is 10.2. The first-order chi connectivity index (χ1) is 7.25. The molecule has 1 aromatic heterocycles. The first-order valence-electron chi connectivity index (χ1n) is 5.42. The number of aromatic hydroxyl groups is 1. The summed E-state index contributed by atoms with van der Waals surface area (Å²) in [5.74, 6) is 0.797. The molecular formula is C11H17N3O. The number of hydrogen-bond donors (Lipinski definition) is 3. The highest BCUT2D eigenvalue weighted by Gasteiger charge is 2.19. The predicted molar refractivity (Wildman–Crippen MR) is 59.8 cm³/mol. The summed E-state index contributed by atoms with van der Waals surface area (Å²) in [7, 11) is 0. The van der Waals surface area contributed by atoms with Gasteiger partial charge in [0.05, 0.1) is 0 Å². The molecule has 0 atom stereocenters. The van der Waals surface area contributed by atoms with Gasteiger partial charge in [-0.1, -0.05) is 0 Å². The number of hydrogen-bond acceptors (Lipinski definition) is 4. The van der Waals surface area contributed by atoms with Crippen LogP contribution in [0.15, 0.2) is 18.3 Å². The minimum absolute atomic E-state index is 0.215. The summed E-state index contributed by atoms with van der Waals surface area (Å²) < 4.78 is 0. The standard InChI is InChI=1S/C11H17N3O/c12-8-3-5-9(6-4-8)14-11-10(15)2-1-7-13-11/h1-2,7-9,15H,3-6,12H2,(H,13,14). The molecule has 15 heavy (non-hydrogen) atoms. The molecule has 0 radical (unpaired) electrons. The average molecular weight is 207 g/mol. The second-order valence-corrected chi connectivity index (χ2v) is 4.13. The van der Waals surface area contributed by atoms with E-state index in [-0.39, 0.29) is 5.75 Å². The van der Waals surface area contributed by atoms with Crippen molar-refractivity contribution in [3.8, 4) is 5.75 Å². The Kier molecular flexibility index (Phi) is 3.06. The van der Waals surface area contributed by atoms with Gasteiger partial charge < -0.3 is 16.2 Å². The van der Waals surface area contributed by atoms with Gasteiger partial charge in [-0.25, -0.2) is 4.98 Å². The maximum Gasteiger partial charge on any atom is 0.168 e. The van der Waals surface area contributed by atoms with Crippen LogP contribution in [-0.4, -0.2) is 22.2 Å². The summed E-state index contributed by atoms with van der Waals surface area (Å²) in [6.07, 6.45) is 5.88. The van der Waals surface area contributed by atoms with Crippen molar-refractivity contribution in [3.05, 3.63) is 18.3 Å². The molecule has 1 aliphatic rings. The van der Waals surface area contributed by atoms with Gasteiger partial charge in [0, 0.05) is 18.3 Å². The third kappa shape index (κ3) is 2.59. The molecule has 4 nitrogen and oxygen atoms in total. The van der Waals surface area contributed by atoms with Gasteiger partial charge in [0.15, 0.2) is 11.6 Å². The normalized spacial score (nSPS) is 26.2. The van der Waals surface area contributed by atoms with Crippen molar-refractivity contribution in [1.82, 2.24) is 4.98 Å². The van der Waals surface area contributed by atoms with Crippen LogP contribution in [0.3, 0.4) is 0 Å². The summed E-state index contributed by atoms with van der Waals surface area (Å²) in [6, 6.07) is 4.10. The molecule has 0 spiro atoms. The average Bonchev–Trinajstić information content (AvgIpc) is 2.25. The highest BCUT2D eigenvalue weighted by atomic mass is 16.3. The fourth-order valence-electron chi connectivity index (χ4n) is 1.96. The number of nitrogens with two attached hydrogens (primary N) is 1. The van der Waals surface area contributed by atoms with E-state index in [4.69, 9.17) is 5.73 Å². The van der Waals surface area contributed by atoms with Crippen LogP contribution in [0.25, 0.3) is 0 Å². The maximum absolute atomic E-state index is 9.54. The van der Waals surface area contributed by atoms with Gasteiger partial charge in [-0.3, -0.25) is 0 Å². The van der Waals surface area contributed by atoms with E-state index in [1.165, 1.54) is 0 Å². The van der Waals surface area contributed by atoms with Gasteiger partial charge in [-0.2, -0.15) is 0 Å². The molecule has 1 aromatic rings. The van der Waals surface area contributed by atoms with Gasteiger partial charge in [0.25, 0.3) is 0 Å². The molecule has 0 saturated heterocycles. The quantitative estimate of drug-likeness (QED) is 0.686. The largest absolute Gasteiger partial charge is 0.504 e. The molecule has 4 N–H and O–H groups in total. The van der Waals surface area contributed by atoms with E-state index in [9.17, 15) is 5.11 Å². The van der Waals surface area contributed by atoms with Crippen molar-refractivity contribution in [2.75, 3.05) is 5.32 Å². The SMILES string of the molecule is NC1CCC(Nc2ncccc2O)CC1. The second kappa shape index (κ2) is 4.49. The molecule has 0 aliphatic heterocycles. The molecule has 1 fully saturated rings. The topological polar surface area (TPSA) is 71.2 Å². The summed E-state index contributed by atoms with van der Waals surface area (Å²) in [5, 5.41) is 12.8. The number of aromatic nitrogens is 1. The Balaban J connectivity index is 1.95. The van der Waals surface area contributed by atoms with E-state index in [2.05, 4.69) is 10.3 Å². The minimum Gasteiger partial charge on any atom is -0.504 e. The van der Waals surface area contributed by atoms with Crippen LogP contribution < -0.4 is 11.1 Å². The van der Waals surface area contributed by atoms with E-state index in [1.807, 2.05) is 0 Å². The van der Waals surface area contributed by atoms with Crippen LogP contribution in [-0.2, 0) is 0 Å². The van der Waals surface area contributed by atoms with E-state index in [0.717, 1.165) is 25.7 Å². The number of rotatable bonds is 2. The third-order valence-corrected chi connectivity index (χ3v) is 2.90. The molecule has 0 bridgehead atoms. The summed E-state index contributed by atoms with van der Waals surface area (Å²) in [6.45, 7) is 0. The van der Waals surface area contributed by atoms with Gasteiger partial charge in [0.2, 0.25) is 0 Å². The molecule has 0 amide bonds. The molecular weight excluding hydrogens is 190 g/mol. The summed E-state index contributed by atoms with van der Waals surface area (Å²) >= 11 is 0. The van der Waals surface area contributed by atoms with Crippen molar-refractivity contribution >= 4 is 5.82 Å². The van der Waals surface area contributed by atoms with Gasteiger partial charge in [-0.05, 0) is 37.8 Å². The lowest BCUT2D eigenvalue weighted by Gasteiger charge is -2.27. The number of pyridine rings is 1. The van der Waals surface area contributed by atoms with Gasteiger partial charge in [-0.15, -0.1) is 0 Å². The smallest absolute Gasteiger partial charge is 0.168 e. The van der Waals surface area contributed by atoms with Crippen LogP contribution in [0.1, 0.15) is 25.7 Å². The molecule has 82 valence electrons. The number of nitrogens with one attached hydrogen (secondary N) is 1. The van der Waals surface area contributed by atoms with Crippen LogP contribution >= 0.6 is 0 Å². The van der Waals surface area contributed by atoms with Crippen molar-refractivity contribution in [3.63, 3.8) is 0 Å². The lowest BCUT2D eigenvalue weighted by molar-refractivity contribution is 0.408. The van der Waals surface area contributed by atoms with Crippen LogP contribution in [0.4, 0.5) is 5.82 Å². The second-order valence-electron chi connectivity index (χ2n) is 4.13. The molecule has 0 unspecified atom stereocenters. The molecule has 4 heteroatoms. The van der Waals surface area contributed by atoms with Crippen LogP contribution in [0.2, 0.25) is 0 Å². The third-order valence-electron chi connectivity index (χ3n) is 2.90. The maximum atomic E-state index is 9.54. The zero-order chi connectivity index (χ0) is 10.7. The van der Waals surface area contributed by atoms with Crippen molar-refractivity contribution in [1.29, 1.82) is 0 Å². The van der Waals surface area contributed by atoms with E-state index >= 15 is 0 Å². The fraction of sp³-hybridized carbons (Fsp3) is 0.545. The Labute approximate surface area is 89.5 Å². The Morgan fingerprint density at radius 3 is 2.73 bits per heavy atom. The van der Waals surface area contributed by atoms with Crippen molar-refractivity contribution < 1.29 is 5.11 Å². The highest BCUT2D eigenvalue weighted by molar-refractivity contribution is 5.48. The molecule has 1 saturated carbocycles. The molecule has 2 rings (SSSR count). The van der Waals surface area contributed by atoms with Gasteiger partial charge in [0.1, 0.15) is 0 Å². The Morgan fingerprint density at radius 1 is 1.33 bits per heavy atom. The summed E-state index contributed by atoms with van der Waals surface area (Å²) in [4.78, 5) is 4.10. The lowest BCUT2D eigenvalue weighted by Crippen LogP contribution is -2.33. The zero-order valence-electron chi connectivity index (χ0n) is 8.69. The molecule has 0 aromatic carbocycles. The first-order valence-corrected chi connectivity index (χ1v) is 5.42. The highest BCUT2D eigenvalue weighted by Crippen LogP contribution is 2.24. The van der Waals surface area contributed by atoms with E-state index in [1.54, 1.807) is 18.3 Å². The molecule has 1 heterocycles. The fourth-order valence-corrected chi connectivity index (χ4v) is 1.96. The Hall–Kier alpha value is -1.29. The Morgan fingerprint density at radius 2 is 2.07 bits per heavy atom. The summed E-state index contributed by atoms with van der Waals surface area (Å²) in [5.41, 5.74) is 5.83. The van der Waals surface area contributed by atoms with Crippen LogP contribution in [0.5, 0.6) is 5.75 Å². The van der Waals surface area contributed by atoms with E-state index < -0.39 is 0 Å². The van der Waals surface area contributed by atoms with Crippen molar-refractivity contribution in [2.45, 2.75) is 37.8 Å². The lowest BCUT2D eigenvalue weighted by atomic mass is 9.92. The van der Waals surface area contributed by atoms with Crippen molar-refractivity contribution in [2.24, 2.45) is 5.73 Å². The monoisotopic (exact) mass is 207 g/mol. The number of nitrogens with zero attached hydrogens (tertiary/aromatic N) is 1.